The van der Waals surface area contributed by atoms with Crippen molar-refractivity contribution in [3.8, 4) is 5.69 Å². The third-order valence-electron chi connectivity index (χ3n) is 3.07. The number of hydrogen-bond donors (Lipinski definition) is 4. The number of nitrogens with one attached hydrogen (secondary N) is 1. The molecular weight excluding hydrogens is 374 g/mol. The van der Waals surface area contributed by atoms with Gasteiger partial charge in [-0.15, -0.1) is 0 Å². The Balaban J connectivity index is 0.000000646. The number of benzene rings is 1. The van der Waals surface area contributed by atoms with Crippen LogP contribution in [0.5, 0.6) is 0 Å². The minimum absolute atomic E-state index is 0.198. The van der Waals surface area contributed by atoms with Crippen molar-refractivity contribution in [3.05, 3.63) is 47.8 Å². The molecular formula is C16H21N5O5S. The van der Waals surface area contributed by atoms with Gasteiger partial charge in [0.25, 0.3) is 16.0 Å². The van der Waals surface area contributed by atoms with Gasteiger partial charge in [-0.05, 0) is 36.8 Å². The molecule has 1 heterocycles. The summed E-state index contributed by atoms with van der Waals surface area (Å²) in [6.45, 7) is 3.20. The molecule has 1 aromatic heterocycles. The average molecular weight is 395 g/mol. The Labute approximate surface area is 156 Å². The number of anilines is 1. The molecule has 10 nitrogen and oxygen atoms in total. The molecule has 11 heteroatoms. The van der Waals surface area contributed by atoms with Crippen molar-refractivity contribution in [1.29, 1.82) is 0 Å². The molecule has 0 saturated carbocycles. The van der Waals surface area contributed by atoms with E-state index in [9.17, 15) is 18.0 Å². The summed E-state index contributed by atoms with van der Waals surface area (Å²) >= 11 is 0. The Morgan fingerprint density at radius 2 is 1.70 bits per heavy atom. The summed E-state index contributed by atoms with van der Waals surface area (Å²) in [5, 5.41) is 2.75. The topological polar surface area (TPSA) is 170 Å². The largest absolute Gasteiger partial charge is 0.370 e. The van der Waals surface area contributed by atoms with E-state index in [2.05, 4.69) is 10.3 Å². The number of rotatable bonds is 3. The molecule has 0 spiro atoms. The Hall–Kier alpha value is -3.18. The lowest BCUT2D eigenvalue weighted by Gasteiger charge is -2.16. The van der Waals surface area contributed by atoms with Gasteiger partial charge in [-0.1, -0.05) is 0 Å². The van der Waals surface area contributed by atoms with Gasteiger partial charge in [-0.3, -0.25) is 14.1 Å². The second-order valence-corrected chi connectivity index (χ2v) is 6.95. The van der Waals surface area contributed by atoms with Gasteiger partial charge in [0.15, 0.2) is 5.96 Å². The molecule has 2 rings (SSSR count). The van der Waals surface area contributed by atoms with Gasteiger partial charge in [0.1, 0.15) is 0 Å². The summed E-state index contributed by atoms with van der Waals surface area (Å²) in [5.41, 5.74) is 12.8. The van der Waals surface area contributed by atoms with Crippen molar-refractivity contribution in [1.82, 2.24) is 4.57 Å². The minimum Gasteiger partial charge on any atom is -0.370 e. The van der Waals surface area contributed by atoms with Gasteiger partial charge >= 0.3 is 0 Å². The molecule has 0 aliphatic carbocycles. The number of aromatic nitrogens is 1. The van der Waals surface area contributed by atoms with Gasteiger partial charge in [0.05, 0.1) is 17.6 Å². The van der Waals surface area contributed by atoms with Gasteiger partial charge in [-0.25, -0.2) is 0 Å². The van der Waals surface area contributed by atoms with Crippen LogP contribution in [0.25, 0.3) is 5.69 Å². The molecule has 0 radical (unpaired) electrons. The number of carbonyl (C=O) groups is 2. The van der Waals surface area contributed by atoms with E-state index in [-0.39, 0.29) is 11.9 Å². The van der Waals surface area contributed by atoms with E-state index in [1.54, 1.807) is 19.1 Å². The molecule has 0 atom stereocenters. The normalized spacial score (nSPS) is 10.4. The zero-order chi connectivity index (χ0) is 20.8. The second kappa shape index (κ2) is 8.96. The lowest BCUT2D eigenvalue weighted by atomic mass is 10.0. The number of nitrogens with two attached hydrogens (primary N) is 2. The number of amides is 2. The highest BCUT2D eigenvalue weighted by Crippen LogP contribution is 2.28. The summed E-state index contributed by atoms with van der Waals surface area (Å²) in [5.74, 6) is -1.02. The number of hydrogen-bond acceptors (Lipinski definition) is 4. The van der Waals surface area contributed by atoms with E-state index in [1.165, 1.54) is 6.92 Å². The van der Waals surface area contributed by atoms with Crippen LogP contribution in [-0.4, -0.2) is 41.6 Å². The van der Waals surface area contributed by atoms with Crippen molar-refractivity contribution < 1.29 is 22.6 Å². The molecule has 0 fully saturated rings. The molecule has 0 bridgehead atoms. The van der Waals surface area contributed by atoms with Crippen LogP contribution in [0.1, 0.15) is 22.8 Å². The van der Waals surface area contributed by atoms with E-state index < -0.39 is 16.0 Å². The van der Waals surface area contributed by atoms with Crippen molar-refractivity contribution in [2.24, 2.45) is 16.5 Å². The summed E-state index contributed by atoms with van der Waals surface area (Å²) < 4.78 is 27.7. The number of aliphatic imine (C=N–C) groups is 1. The Morgan fingerprint density at radius 3 is 2.15 bits per heavy atom. The van der Waals surface area contributed by atoms with Crippen LogP contribution in [0.4, 0.5) is 5.69 Å². The lowest BCUT2D eigenvalue weighted by Crippen LogP contribution is -2.24. The smallest absolute Gasteiger partial charge is 0.280 e. The van der Waals surface area contributed by atoms with E-state index in [1.807, 2.05) is 29.1 Å². The molecule has 27 heavy (non-hydrogen) atoms. The maximum Gasteiger partial charge on any atom is 0.280 e. The molecule has 0 unspecified atom stereocenters. The van der Waals surface area contributed by atoms with Crippen LogP contribution in [0.2, 0.25) is 0 Å². The maximum atomic E-state index is 12.1. The highest BCUT2D eigenvalue weighted by molar-refractivity contribution is 7.85. The predicted octanol–water partition coefficient (Wildman–Crippen LogP) is 0.662. The van der Waals surface area contributed by atoms with Crippen LogP contribution in [0, 0.1) is 6.92 Å². The SMILES string of the molecule is CC(=O)Nc1ccc(C(=O)N=C(N)N)c(C)c1-n1cccc1.CS(=O)(=O)O. The Morgan fingerprint density at radius 1 is 1.19 bits per heavy atom. The van der Waals surface area contributed by atoms with Crippen molar-refractivity contribution >= 4 is 33.6 Å². The van der Waals surface area contributed by atoms with Crippen LogP contribution in [-0.2, 0) is 14.9 Å². The van der Waals surface area contributed by atoms with Gasteiger partial charge in [0, 0.05) is 24.9 Å². The molecule has 1 aromatic carbocycles. The van der Waals surface area contributed by atoms with Crippen LogP contribution < -0.4 is 16.8 Å². The van der Waals surface area contributed by atoms with Crippen LogP contribution in [0.3, 0.4) is 0 Å². The zero-order valence-corrected chi connectivity index (χ0v) is 15.8. The highest BCUT2D eigenvalue weighted by Gasteiger charge is 2.16. The summed E-state index contributed by atoms with van der Waals surface area (Å²) in [6.07, 6.45) is 4.36. The van der Waals surface area contributed by atoms with E-state index in [0.29, 0.717) is 28.8 Å². The van der Waals surface area contributed by atoms with E-state index in [0.717, 1.165) is 0 Å². The number of guanidine groups is 1. The second-order valence-electron chi connectivity index (χ2n) is 5.48. The van der Waals surface area contributed by atoms with Gasteiger partial charge in [-0.2, -0.15) is 13.4 Å². The number of carbonyl (C=O) groups excluding carboxylic acids is 2. The first kappa shape index (κ1) is 21.9. The quantitative estimate of drug-likeness (QED) is 0.336. The molecule has 146 valence electrons. The molecule has 0 aliphatic rings. The molecule has 2 aromatic rings. The maximum absolute atomic E-state index is 12.1. The first-order valence-corrected chi connectivity index (χ1v) is 9.36. The molecule has 0 aliphatic heterocycles. The minimum atomic E-state index is -3.67. The molecule has 2 amide bonds. The van der Waals surface area contributed by atoms with E-state index in [4.69, 9.17) is 16.0 Å². The average Bonchev–Trinajstić information content (AvgIpc) is 2.98. The third kappa shape index (κ3) is 7.30. The Kier molecular flexibility index (Phi) is 7.26. The third-order valence-corrected chi connectivity index (χ3v) is 3.07. The van der Waals surface area contributed by atoms with Crippen molar-refractivity contribution in [2.75, 3.05) is 11.6 Å². The summed E-state index contributed by atoms with van der Waals surface area (Å²) in [4.78, 5) is 27.0. The summed E-state index contributed by atoms with van der Waals surface area (Å²) in [6, 6.07) is 6.94. The fraction of sp³-hybridized carbons (Fsp3) is 0.188. The van der Waals surface area contributed by atoms with Gasteiger partial charge < -0.3 is 21.4 Å². The van der Waals surface area contributed by atoms with E-state index >= 15 is 0 Å². The number of nitrogens with zero attached hydrogens (tertiary/aromatic N) is 2. The molecule has 0 saturated heterocycles. The monoisotopic (exact) mass is 395 g/mol. The van der Waals surface area contributed by atoms with Crippen LogP contribution in [0.15, 0.2) is 41.7 Å². The fourth-order valence-corrected chi connectivity index (χ4v) is 2.22. The van der Waals surface area contributed by atoms with Crippen LogP contribution >= 0.6 is 0 Å². The predicted molar refractivity (Wildman–Crippen MR) is 102 cm³/mol. The fourth-order valence-electron chi connectivity index (χ4n) is 2.22. The first-order valence-electron chi connectivity index (χ1n) is 7.51. The van der Waals surface area contributed by atoms with Crippen molar-refractivity contribution in [2.45, 2.75) is 13.8 Å². The first-order chi connectivity index (χ1) is 12.4. The standard InChI is InChI=1S/C15H17N5O2.CH4O3S/c1-9-11(14(22)19-15(16)17)5-6-12(18-10(2)21)13(9)20-7-3-4-8-20;1-5(2,3)4/h3-8H,1-2H3,(H,18,21)(H4,16,17,19,22);1H3,(H,2,3,4). The highest BCUT2D eigenvalue weighted by atomic mass is 32.2. The zero-order valence-electron chi connectivity index (χ0n) is 15.0. The van der Waals surface area contributed by atoms with Crippen molar-refractivity contribution in [3.63, 3.8) is 0 Å². The van der Waals surface area contributed by atoms with Gasteiger partial charge in [0.2, 0.25) is 5.91 Å². The molecule has 6 N–H and O–H groups in total. The summed E-state index contributed by atoms with van der Waals surface area (Å²) in [7, 11) is -3.67. The Bertz CT molecular complexity index is 953. The lowest BCUT2D eigenvalue weighted by molar-refractivity contribution is -0.114.